The van der Waals surface area contributed by atoms with Gasteiger partial charge in [-0.2, -0.15) is 0 Å². The summed E-state index contributed by atoms with van der Waals surface area (Å²) in [6, 6.07) is 0. The van der Waals surface area contributed by atoms with E-state index in [9.17, 15) is 9.59 Å². The molecule has 0 heterocycles. The lowest BCUT2D eigenvalue weighted by Gasteiger charge is -2.19. The highest BCUT2D eigenvalue weighted by molar-refractivity contribution is 6.00. The van der Waals surface area contributed by atoms with Crippen molar-refractivity contribution in [2.45, 2.75) is 58.3 Å². The van der Waals surface area contributed by atoms with E-state index in [2.05, 4.69) is 0 Å². The summed E-state index contributed by atoms with van der Waals surface area (Å²) in [5, 5.41) is 0. The molecule has 0 aliphatic heterocycles. The van der Waals surface area contributed by atoms with Crippen LogP contribution in [0.25, 0.3) is 0 Å². The first-order chi connectivity index (χ1) is 6.74. The average Bonchev–Trinajstić information content (AvgIpc) is 2.19. The Balaban J connectivity index is 2.29. The molecule has 1 rings (SSSR count). The molecule has 0 saturated heterocycles. The van der Waals surface area contributed by atoms with Crippen molar-refractivity contribution in [2.24, 2.45) is 5.92 Å². The van der Waals surface area contributed by atoms with Crippen LogP contribution in [0.15, 0.2) is 0 Å². The van der Waals surface area contributed by atoms with Crippen molar-refractivity contribution in [3.05, 3.63) is 0 Å². The largest absolute Gasteiger partial charge is 0.299 e. The smallest absolute Gasteiger partial charge is 0.143 e. The molecule has 0 N–H and O–H groups in total. The van der Waals surface area contributed by atoms with E-state index in [0.29, 0.717) is 6.42 Å². The van der Waals surface area contributed by atoms with Crippen LogP contribution in [0.1, 0.15) is 58.3 Å². The highest BCUT2D eigenvalue weighted by Gasteiger charge is 2.22. The second-order valence-electron chi connectivity index (χ2n) is 4.27. The third-order valence-corrected chi connectivity index (χ3v) is 2.96. The van der Waals surface area contributed by atoms with Gasteiger partial charge in [0.25, 0.3) is 0 Å². The first-order valence-electron chi connectivity index (χ1n) is 5.78. The number of rotatable bonds is 5. The lowest BCUT2D eigenvalue weighted by atomic mass is 9.84. The molecule has 0 radical (unpaired) electrons. The molecule has 0 aromatic rings. The maximum absolute atomic E-state index is 11.7. The van der Waals surface area contributed by atoms with Crippen LogP contribution < -0.4 is 0 Å². The van der Waals surface area contributed by atoms with Gasteiger partial charge in [0.15, 0.2) is 0 Å². The van der Waals surface area contributed by atoms with Crippen LogP contribution in [0, 0.1) is 5.92 Å². The van der Waals surface area contributed by atoms with Crippen molar-refractivity contribution in [1.29, 1.82) is 0 Å². The fourth-order valence-corrected chi connectivity index (χ4v) is 2.13. The molecule has 0 amide bonds. The van der Waals surface area contributed by atoms with Crippen molar-refractivity contribution in [3.8, 4) is 0 Å². The van der Waals surface area contributed by atoms with Gasteiger partial charge in [-0.15, -0.1) is 0 Å². The van der Waals surface area contributed by atoms with Crippen molar-refractivity contribution >= 4 is 11.6 Å². The van der Waals surface area contributed by atoms with Crippen LogP contribution in [-0.2, 0) is 9.59 Å². The zero-order chi connectivity index (χ0) is 10.4. The van der Waals surface area contributed by atoms with Crippen LogP contribution in [0.5, 0.6) is 0 Å². The van der Waals surface area contributed by atoms with E-state index in [0.717, 1.165) is 19.3 Å². The minimum Gasteiger partial charge on any atom is -0.299 e. The summed E-state index contributed by atoms with van der Waals surface area (Å²) in [7, 11) is 0. The Morgan fingerprint density at radius 2 is 1.79 bits per heavy atom. The number of Topliss-reactive ketones (excluding diaryl/α,β-unsaturated/α-hetero) is 2. The predicted molar refractivity (Wildman–Crippen MR) is 56.1 cm³/mol. The van der Waals surface area contributed by atoms with E-state index in [4.69, 9.17) is 0 Å². The van der Waals surface area contributed by atoms with Gasteiger partial charge in [0.2, 0.25) is 0 Å². The molecule has 1 fully saturated rings. The first kappa shape index (κ1) is 11.4. The lowest BCUT2D eigenvalue weighted by Crippen LogP contribution is -2.20. The molecule has 0 bridgehead atoms. The summed E-state index contributed by atoms with van der Waals surface area (Å²) >= 11 is 0. The van der Waals surface area contributed by atoms with Gasteiger partial charge in [-0.25, -0.2) is 0 Å². The van der Waals surface area contributed by atoms with E-state index >= 15 is 0 Å². The molecule has 0 atom stereocenters. The van der Waals surface area contributed by atoms with Crippen LogP contribution in [0.3, 0.4) is 0 Å². The minimum atomic E-state index is 0.128. The Bertz CT molecular complexity index is 202. The standard InChI is InChI=1S/C12H20O2/c1-2-6-11(13)9-12(14)10-7-4-3-5-8-10/h10H,2-9H2,1H3. The Kier molecular flexibility index (Phi) is 4.85. The minimum absolute atomic E-state index is 0.128. The third-order valence-electron chi connectivity index (χ3n) is 2.96. The summed E-state index contributed by atoms with van der Waals surface area (Å²) in [4.78, 5) is 22.9. The summed E-state index contributed by atoms with van der Waals surface area (Å²) in [6.07, 6.45) is 7.23. The van der Waals surface area contributed by atoms with Gasteiger partial charge in [0.1, 0.15) is 11.6 Å². The molecule has 14 heavy (non-hydrogen) atoms. The van der Waals surface area contributed by atoms with Crippen molar-refractivity contribution in [2.75, 3.05) is 0 Å². The molecular weight excluding hydrogens is 176 g/mol. The van der Waals surface area contributed by atoms with Crippen LogP contribution in [0.2, 0.25) is 0 Å². The van der Waals surface area contributed by atoms with Gasteiger partial charge in [-0.3, -0.25) is 9.59 Å². The molecule has 0 aromatic heterocycles. The summed E-state index contributed by atoms with van der Waals surface area (Å²) in [5.41, 5.74) is 0. The second-order valence-corrected chi connectivity index (χ2v) is 4.27. The zero-order valence-corrected chi connectivity index (χ0v) is 9.05. The highest BCUT2D eigenvalue weighted by Crippen LogP contribution is 2.25. The molecule has 80 valence electrons. The molecule has 2 heteroatoms. The highest BCUT2D eigenvalue weighted by atomic mass is 16.1. The maximum atomic E-state index is 11.7. The van der Waals surface area contributed by atoms with Crippen molar-refractivity contribution in [3.63, 3.8) is 0 Å². The Labute approximate surface area is 86.1 Å². The van der Waals surface area contributed by atoms with E-state index in [-0.39, 0.29) is 23.9 Å². The number of carbonyl (C=O) groups excluding carboxylic acids is 2. The van der Waals surface area contributed by atoms with Crippen molar-refractivity contribution < 1.29 is 9.59 Å². The SMILES string of the molecule is CCCC(=O)CC(=O)C1CCCCC1. The molecule has 0 unspecified atom stereocenters. The summed E-state index contributed by atoms with van der Waals surface area (Å²) in [5.74, 6) is 0.524. The molecule has 0 aromatic carbocycles. The number of hydrogen-bond donors (Lipinski definition) is 0. The quantitative estimate of drug-likeness (QED) is 0.633. The summed E-state index contributed by atoms with van der Waals surface area (Å²) < 4.78 is 0. The van der Waals surface area contributed by atoms with Gasteiger partial charge in [0.05, 0.1) is 6.42 Å². The molecular formula is C12H20O2. The number of carbonyl (C=O) groups is 2. The van der Waals surface area contributed by atoms with Gasteiger partial charge >= 0.3 is 0 Å². The van der Waals surface area contributed by atoms with E-state index in [1.165, 1.54) is 19.3 Å². The predicted octanol–water partition coefficient (Wildman–Crippen LogP) is 2.90. The third kappa shape index (κ3) is 3.60. The van der Waals surface area contributed by atoms with Crippen LogP contribution in [0.4, 0.5) is 0 Å². The topological polar surface area (TPSA) is 34.1 Å². The second kappa shape index (κ2) is 5.94. The van der Waals surface area contributed by atoms with Crippen molar-refractivity contribution in [1.82, 2.24) is 0 Å². The number of hydrogen-bond acceptors (Lipinski definition) is 2. The monoisotopic (exact) mass is 196 g/mol. The van der Waals surface area contributed by atoms with Crippen LogP contribution in [-0.4, -0.2) is 11.6 Å². The Morgan fingerprint density at radius 1 is 1.14 bits per heavy atom. The molecule has 2 nitrogen and oxygen atoms in total. The van der Waals surface area contributed by atoms with Gasteiger partial charge in [-0.1, -0.05) is 26.2 Å². The van der Waals surface area contributed by atoms with Gasteiger partial charge in [-0.05, 0) is 19.3 Å². The van der Waals surface area contributed by atoms with E-state index in [1.54, 1.807) is 0 Å². The fourth-order valence-electron chi connectivity index (χ4n) is 2.13. The molecule has 1 saturated carbocycles. The normalized spacial score (nSPS) is 18.1. The maximum Gasteiger partial charge on any atom is 0.143 e. The Morgan fingerprint density at radius 3 is 2.36 bits per heavy atom. The Hall–Kier alpha value is -0.660. The van der Waals surface area contributed by atoms with Gasteiger partial charge in [0, 0.05) is 12.3 Å². The van der Waals surface area contributed by atoms with Crippen LogP contribution >= 0.6 is 0 Å². The first-order valence-corrected chi connectivity index (χ1v) is 5.78. The molecule has 1 aliphatic carbocycles. The zero-order valence-electron chi connectivity index (χ0n) is 9.05. The molecule has 0 spiro atoms. The summed E-state index contributed by atoms with van der Waals surface area (Å²) in [6.45, 7) is 1.98. The van der Waals surface area contributed by atoms with E-state index in [1.807, 2.05) is 6.92 Å². The number of ketones is 2. The lowest BCUT2D eigenvalue weighted by molar-refractivity contribution is -0.129. The average molecular weight is 196 g/mol. The van der Waals surface area contributed by atoms with Gasteiger partial charge < -0.3 is 0 Å². The van der Waals surface area contributed by atoms with E-state index < -0.39 is 0 Å². The fraction of sp³-hybridized carbons (Fsp3) is 0.833. The molecule has 1 aliphatic rings.